The summed E-state index contributed by atoms with van der Waals surface area (Å²) in [6.45, 7) is 1.12. The Morgan fingerprint density at radius 3 is 2.76 bits per heavy atom. The van der Waals surface area contributed by atoms with E-state index in [2.05, 4.69) is 10.6 Å². The second-order valence-electron chi connectivity index (χ2n) is 4.12. The number of urea groups is 1. The van der Waals surface area contributed by atoms with Gasteiger partial charge in [0.15, 0.2) is 0 Å². The standard InChI is InChI=1S/C11H20N2O3S/c14-10(15)5-3-6-12-11(16)13-8-9-4-1-2-7-17-9/h9H,1-8H2,(H,14,15)(H2,12,13,16). The van der Waals surface area contributed by atoms with E-state index < -0.39 is 5.97 Å². The van der Waals surface area contributed by atoms with Gasteiger partial charge in [-0.3, -0.25) is 4.79 Å². The molecule has 0 aromatic rings. The third-order valence-corrected chi connectivity index (χ3v) is 4.02. The van der Waals surface area contributed by atoms with Crippen molar-refractivity contribution in [2.75, 3.05) is 18.8 Å². The normalized spacial score (nSPS) is 19.6. The molecule has 1 aliphatic rings. The number of thioether (sulfide) groups is 1. The van der Waals surface area contributed by atoms with E-state index in [4.69, 9.17) is 5.11 Å². The summed E-state index contributed by atoms with van der Waals surface area (Å²) in [6, 6.07) is -0.193. The van der Waals surface area contributed by atoms with E-state index in [9.17, 15) is 9.59 Å². The van der Waals surface area contributed by atoms with Crippen LogP contribution in [0.1, 0.15) is 32.1 Å². The minimum Gasteiger partial charge on any atom is -0.481 e. The Bertz CT molecular complexity index is 255. The summed E-state index contributed by atoms with van der Waals surface area (Å²) in [5, 5.41) is 14.4. The fraction of sp³-hybridized carbons (Fsp3) is 0.818. The largest absolute Gasteiger partial charge is 0.481 e. The van der Waals surface area contributed by atoms with Gasteiger partial charge in [0.05, 0.1) is 0 Å². The minimum atomic E-state index is -0.828. The number of hydrogen-bond acceptors (Lipinski definition) is 3. The highest BCUT2D eigenvalue weighted by Crippen LogP contribution is 2.24. The van der Waals surface area contributed by atoms with Crippen LogP contribution >= 0.6 is 11.8 Å². The van der Waals surface area contributed by atoms with Gasteiger partial charge >= 0.3 is 12.0 Å². The zero-order valence-corrected chi connectivity index (χ0v) is 10.7. The molecule has 3 N–H and O–H groups in total. The van der Waals surface area contributed by atoms with Crippen molar-refractivity contribution in [3.63, 3.8) is 0 Å². The van der Waals surface area contributed by atoms with Crippen molar-refractivity contribution in [3.8, 4) is 0 Å². The number of aliphatic carboxylic acids is 1. The van der Waals surface area contributed by atoms with Crippen LogP contribution in [0.5, 0.6) is 0 Å². The van der Waals surface area contributed by atoms with Crippen LogP contribution in [0.15, 0.2) is 0 Å². The van der Waals surface area contributed by atoms with E-state index in [1.54, 1.807) is 0 Å². The molecule has 0 aromatic carbocycles. The molecular weight excluding hydrogens is 240 g/mol. The van der Waals surface area contributed by atoms with Gasteiger partial charge in [-0.1, -0.05) is 6.42 Å². The molecule has 2 amide bonds. The van der Waals surface area contributed by atoms with E-state index in [1.807, 2.05) is 11.8 Å². The van der Waals surface area contributed by atoms with Gasteiger partial charge in [-0.2, -0.15) is 11.8 Å². The van der Waals surface area contributed by atoms with Crippen molar-refractivity contribution >= 4 is 23.8 Å². The molecular formula is C11H20N2O3S. The van der Waals surface area contributed by atoms with Crippen LogP contribution in [0.4, 0.5) is 4.79 Å². The molecule has 1 atom stereocenters. The van der Waals surface area contributed by atoms with Crippen LogP contribution in [0.2, 0.25) is 0 Å². The second-order valence-corrected chi connectivity index (χ2v) is 5.53. The molecule has 1 fully saturated rings. The van der Waals surface area contributed by atoms with Crippen LogP contribution < -0.4 is 10.6 Å². The second kappa shape index (κ2) is 8.22. The molecule has 1 saturated heterocycles. The van der Waals surface area contributed by atoms with Crippen LogP contribution in [0, 0.1) is 0 Å². The fourth-order valence-corrected chi connectivity index (χ4v) is 2.92. The third kappa shape index (κ3) is 7.10. The van der Waals surface area contributed by atoms with Crippen LogP contribution in [-0.2, 0) is 4.79 Å². The molecule has 1 rings (SSSR count). The summed E-state index contributed by atoms with van der Waals surface area (Å²) in [7, 11) is 0. The molecule has 1 unspecified atom stereocenters. The maximum Gasteiger partial charge on any atom is 0.314 e. The van der Waals surface area contributed by atoms with E-state index >= 15 is 0 Å². The summed E-state index contributed by atoms with van der Waals surface area (Å²) in [5.41, 5.74) is 0. The lowest BCUT2D eigenvalue weighted by Gasteiger charge is -2.21. The Balaban J connectivity index is 1.98. The first-order chi connectivity index (χ1) is 8.18. The number of carbonyl (C=O) groups is 2. The Morgan fingerprint density at radius 1 is 1.29 bits per heavy atom. The summed E-state index contributed by atoms with van der Waals surface area (Å²) in [6.07, 6.45) is 4.27. The predicted molar refractivity (Wildman–Crippen MR) is 68.4 cm³/mol. The topological polar surface area (TPSA) is 78.4 Å². The van der Waals surface area contributed by atoms with Crippen LogP contribution in [-0.4, -0.2) is 41.2 Å². The molecule has 0 bridgehead atoms. The lowest BCUT2D eigenvalue weighted by Crippen LogP contribution is -2.40. The van der Waals surface area contributed by atoms with Crippen LogP contribution in [0.25, 0.3) is 0 Å². The van der Waals surface area contributed by atoms with E-state index in [0.29, 0.717) is 24.8 Å². The number of amides is 2. The molecule has 0 saturated carbocycles. The third-order valence-electron chi connectivity index (χ3n) is 2.62. The monoisotopic (exact) mass is 260 g/mol. The van der Waals surface area contributed by atoms with Crippen molar-refractivity contribution in [3.05, 3.63) is 0 Å². The molecule has 5 nitrogen and oxygen atoms in total. The number of carboxylic acid groups (broad SMARTS) is 1. The first-order valence-electron chi connectivity index (χ1n) is 6.03. The van der Waals surface area contributed by atoms with Gasteiger partial charge < -0.3 is 15.7 Å². The van der Waals surface area contributed by atoms with E-state index in [0.717, 1.165) is 0 Å². The Kier molecular flexibility index (Phi) is 6.84. The Morgan fingerprint density at radius 2 is 2.12 bits per heavy atom. The molecule has 98 valence electrons. The quantitative estimate of drug-likeness (QED) is 0.631. The molecule has 6 heteroatoms. The minimum absolute atomic E-state index is 0.0960. The maximum absolute atomic E-state index is 11.4. The van der Waals surface area contributed by atoms with Crippen molar-refractivity contribution in [1.29, 1.82) is 0 Å². The molecule has 1 heterocycles. The zero-order chi connectivity index (χ0) is 12.5. The van der Waals surface area contributed by atoms with Crippen molar-refractivity contribution < 1.29 is 14.7 Å². The first-order valence-corrected chi connectivity index (χ1v) is 7.08. The number of carbonyl (C=O) groups excluding carboxylic acids is 1. The van der Waals surface area contributed by atoms with E-state index in [-0.39, 0.29) is 12.5 Å². The Hall–Kier alpha value is -0.910. The Labute approximate surface area is 106 Å². The van der Waals surface area contributed by atoms with Crippen molar-refractivity contribution in [2.45, 2.75) is 37.4 Å². The molecule has 0 spiro atoms. The number of carboxylic acids is 1. The molecule has 0 aliphatic carbocycles. The summed E-state index contributed by atoms with van der Waals surface area (Å²) < 4.78 is 0. The number of hydrogen-bond donors (Lipinski definition) is 3. The van der Waals surface area contributed by atoms with Gasteiger partial charge in [0.1, 0.15) is 0 Å². The highest BCUT2D eigenvalue weighted by atomic mass is 32.2. The average molecular weight is 260 g/mol. The van der Waals surface area contributed by atoms with Gasteiger partial charge in [0, 0.05) is 24.8 Å². The van der Waals surface area contributed by atoms with Gasteiger partial charge in [-0.05, 0) is 25.0 Å². The molecule has 1 aliphatic heterocycles. The summed E-state index contributed by atoms with van der Waals surface area (Å²) >= 11 is 1.92. The summed E-state index contributed by atoms with van der Waals surface area (Å²) in [5.74, 6) is 0.359. The number of nitrogens with one attached hydrogen (secondary N) is 2. The predicted octanol–water partition coefficient (Wildman–Crippen LogP) is 1.44. The summed E-state index contributed by atoms with van der Waals surface area (Å²) in [4.78, 5) is 21.6. The molecule has 17 heavy (non-hydrogen) atoms. The smallest absolute Gasteiger partial charge is 0.314 e. The van der Waals surface area contributed by atoms with Gasteiger partial charge in [-0.25, -0.2) is 4.79 Å². The highest BCUT2D eigenvalue weighted by Gasteiger charge is 2.14. The first kappa shape index (κ1) is 14.2. The fourth-order valence-electron chi connectivity index (χ4n) is 1.68. The maximum atomic E-state index is 11.4. The van der Waals surface area contributed by atoms with Gasteiger partial charge in [0.2, 0.25) is 0 Å². The SMILES string of the molecule is O=C(O)CCCNC(=O)NCC1CCCCS1. The lowest BCUT2D eigenvalue weighted by molar-refractivity contribution is -0.137. The zero-order valence-electron chi connectivity index (χ0n) is 9.91. The molecule has 0 aromatic heterocycles. The lowest BCUT2D eigenvalue weighted by atomic mass is 10.2. The van der Waals surface area contributed by atoms with E-state index in [1.165, 1.54) is 25.0 Å². The van der Waals surface area contributed by atoms with Crippen LogP contribution in [0.3, 0.4) is 0 Å². The highest BCUT2D eigenvalue weighted by molar-refractivity contribution is 7.99. The van der Waals surface area contributed by atoms with Crippen molar-refractivity contribution in [1.82, 2.24) is 10.6 Å². The van der Waals surface area contributed by atoms with Gasteiger partial charge in [-0.15, -0.1) is 0 Å². The van der Waals surface area contributed by atoms with Crippen molar-refractivity contribution in [2.24, 2.45) is 0 Å². The number of rotatable bonds is 6. The average Bonchev–Trinajstić information content (AvgIpc) is 2.33. The molecule has 0 radical (unpaired) electrons. The van der Waals surface area contributed by atoms with Gasteiger partial charge in [0.25, 0.3) is 0 Å².